The fourth-order valence-electron chi connectivity index (χ4n) is 4.60. The third-order valence-corrected chi connectivity index (χ3v) is 6.43. The van der Waals surface area contributed by atoms with Gasteiger partial charge >= 0.3 is 5.69 Å². The van der Waals surface area contributed by atoms with Crippen LogP contribution >= 0.6 is 0 Å². The molecule has 2 aromatic heterocycles. The Morgan fingerprint density at radius 2 is 1.69 bits per heavy atom. The van der Waals surface area contributed by atoms with Crippen LogP contribution < -0.4 is 21.5 Å². The van der Waals surface area contributed by atoms with Gasteiger partial charge in [0.25, 0.3) is 5.56 Å². The Bertz CT molecular complexity index is 1460. The average Bonchev–Trinajstić information content (AvgIpc) is 3.56. The highest BCUT2D eigenvalue weighted by Gasteiger charge is 2.20. The number of nitrogens with one attached hydrogen (secondary N) is 1. The third kappa shape index (κ3) is 4.49. The third-order valence-electron chi connectivity index (χ3n) is 6.43. The molecule has 1 N–H and O–H groups in total. The van der Waals surface area contributed by atoms with E-state index in [1.807, 2.05) is 61.5 Å². The highest BCUT2D eigenvalue weighted by molar-refractivity contribution is 5.90. The molecule has 0 aliphatic carbocycles. The highest BCUT2D eigenvalue weighted by atomic mass is 16.2. The maximum atomic E-state index is 13.4. The number of nitrogens with zero attached hydrogens (tertiary/aromatic N) is 5. The molecule has 180 valence electrons. The van der Waals surface area contributed by atoms with Gasteiger partial charge in [-0.05, 0) is 49.6 Å². The smallest absolute Gasteiger partial charge is 0.333 e. The van der Waals surface area contributed by atoms with Crippen LogP contribution in [0.25, 0.3) is 11.2 Å². The van der Waals surface area contributed by atoms with Crippen LogP contribution in [0.4, 0.5) is 11.4 Å². The van der Waals surface area contributed by atoms with Crippen LogP contribution in [-0.2, 0) is 24.4 Å². The average molecular weight is 473 g/mol. The first-order chi connectivity index (χ1) is 17.0. The van der Waals surface area contributed by atoms with E-state index in [0.29, 0.717) is 23.4 Å². The van der Waals surface area contributed by atoms with Gasteiger partial charge in [-0.1, -0.05) is 30.3 Å². The van der Waals surface area contributed by atoms with Gasteiger partial charge in [-0.2, -0.15) is 0 Å². The number of anilines is 2. The van der Waals surface area contributed by atoms with Gasteiger partial charge in [-0.15, -0.1) is 0 Å². The lowest BCUT2D eigenvalue weighted by molar-refractivity contribution is -0.116. The minimum atomic E-state index is -0.563. The Balaban J connectivity index is 1.44. The quantitative estimate of drug-likeness (QED) is 0.446. The Kier molecular flexibility index (Phi) is 6.22. The number of benzene rings is 2. The molecule has 35 heavy (non-hydrogen) atoms. The summed E-state index contributed by atoms with van der Waals surface area (Å²) in [5.41, 5.74) is 2.19. The zero-order valence-electron chi connectivity index (χ0n) is 19.7. The Morgan fingerprint density at radius 1 is 0.971 bits per heavy atom. The second-order valence-corrected chi connectivity index (χ2v) is 8.74. The van der Waals surface area contributed by atoms with Gasteiger partial charge in [-0.25, -0.2) is 14.3 Å². The van der Waals surface area contributed by atoms with Gasteiger partial charge in [0.15, 0.2) is 11.2 Å². The first-order valence-electron chi connectivity index (χ1n) is 11.9. The molecule has 1 aliphatic rings. The molecule has 1 saturated heterocycles. The van der Waals surface area contributed by atoms with E-state index in [1.54, 1.807) is 10.9 Å². The minimum absolute atomic E-state index is 0.247. The van der Waals surface area contributed by atoms with E-state index < -0.39 is 17.2 Å². The summed E-state index contributed by atoms with van der Waals surface area (Å²) in [6.45, 7) is 4.37. The van der Waals surface area contributed by atoms with Gasteiger partial charge in [-0.3, -0.25) is 14.2 Å². The van der Waals surface area contributed by atoms with E-state index in [4.69, 9.17) is 0 Å². The van der Waals surface area contributed by atoms with Crippen LogP contribution in [0.1, 0.15) is 25.3 Å². The summed E-state index contributed by atoms with van der Waals surface area (Å²) in [6, 6.07) is 17.1. The second-order valence-electron chi connectivity index (χ2n) is 8.74. The summed E-state index contributed by atoms with van der Waals surface area (Å²) in [5.74, 6) is -0.439. The lowest BCUT2D eigenvalue weighted by Gasteiger charge is -2.18. The molecular formula is C26H28N6O3. The van der Waals surface area contributed by atoms with Gasteiger partial charge in [0.1, 0.15) is 6.54 Å². The number of carbonyl (C=O) groups excluding carboxylic acids is 1. The minimum Gasteiger partial charge on any atom is -0.372 e. The van der Waals surface area contributed by atoms with Gasteiger partial charge in [0.2, 0.25) is 5.91 Å². The van der Waals surface area contributed by atoms with Gasteiger partial charge < -0.3 is 14.8 Å². The van der Waals surface area contributed by atoms with Crippen LogP contribution in [-0.4, -0.2) is 37.7 Å². The SMILES string of the molecule is CCn1cnc2c1c(=O)n(CC(=O)Nc1ccc(N3CCCC3)cc1)c(=O)n2Cc1ccccc1. The van der Waals surface area contributed by atoms with E-state index in [9.17, 15) is 14.4 Å². The summed E-state index contributed by atoms with van der Waals surface area (Å²) in [6.07, 6.45) is 3.94. The number of carbonyl (C=O) groups is 1. The van der Waals surface area contributed by atoms with Crippen molar-refractivity contribution >= 4 is 28.4 Å². The van der Waals surface area contributed by atoms with E-state index in [0.717, 1.165) is 28.9 Å². The molecule has 0 radical (unpaired) electrons. The van der Waals surface area contributed by atoms with Crippen molar-refractivity contribution in [1.82, 2.24) is 18.7 Å². The number of aromatic nitrogens is 4. The van der Waals surface area contributed by atoms with Crippen molar-refractivity contribution in [2.24, 2.45) is 0 Å². The van der Waals surface area contributed by atoms with E-state index in [1.165, 1.54) is 17.4 Å². The Morgan fingerprint density at radius 3 is 2.37 bits per heavy atom. The molecule has 0 spiro atoms. The molecular weight excluding hydrogens is 444 g/mol. The predicted molar refractivity (Wildman–Crippen MR) is 136 cm³/mol. The standard InChI is InChI=1S/C26H28N6O3/c1-2-29-18-27-24-23(29)25(34)32(26(35)31(24)16-19-8-4-3-5-9-19)17-22(33)28-20-10-12-21(13-11-20)30-14-6-7-15-30/h3-5,8-13,18H,2,6-7,14-17H2,1H3,(H,28,33). The second kappa shape index (κ2) is 9.61. The molecule has 2 aromatic carbocycles. The van der Waals surface area contributed by atoms with Crippen molar-refractivity contribution in [3.63, 3.8) is 0 Å². The largest absolute Gasteiger partial charge is 0.372 e. The van der Waals surface area contributed by atoms with Crippen LogP contribution in [0.2, 0.25) is 0 Å². The number of hydrogen-bond acceptors (Lipinski definition) is 5. The first kappa shape index (κ1) is 22.6. The molecule has 9 nitrogen and oxygen atoms in total. The molecule has 4 aromatic rings. The molecule has 3 heterocycles. The summed E-state index contributed by atoms with van der Waals surface area (Å²) in [4.78, 5) is 46.2. The Labute approximate surface area is 202 Å². The molecule has 9 heteroatoms. The number of hydrogen-bond donors (Lipinski definition) is 1. The topological polar surface area (TPSA) is 94.2 Å². The zero-order chi connectivity index (χ0) is 24.4. The monoisotopic (exact) mass is 472 g/mol. The van der Waals surface area contributed by atoms with Crippen molar-refractivity contribution in [2.45, 2.75) is 39.4 Å². The lowest BCUT2D eigenvalue weighted by atomic mass is 10.2. The number of amides is 1. The molecule has 0 bridgehead atoms. The van der Waals surface area contributed by atoms with Crippen molar-refractivity contribution in [2.75, 3.05) is 23.3 Å². The number of fused-ring (bicyclic) bond motifs is 1. The fraction of sp³-hybridized carbons (Fsp3) is 0.308. The Hall–Kier alpha value is -4.14. The predicted octanol–water partition coefficient (Wildman–Crippen LogP) is 2.67. The van der Waals surface area contributed by atoms with Crippen LogP contribution in [0.3, 0.4) is 0 Å². The summed E-state index contributed by atoms with van der Waals surface area (Å²) >= 11 is 0. The number of rotatable bonds is 7. The number of imidazole rings is 1. The van der Waals surface area contributed by atoms with Crippen LogP contribution in [0.15, 0.2) is 70.5 Å². The summed E-state index contributed by atoms with van der Waals surface area (Å²) in [7, 11) is 0. The molecule has 1 fully saturated rings. The fourth-order valence-corrected chi connectivity index (χ4v) is 4.60. The maximum absolute atomic E-state index is 13.4. The van der Waals surface area contributed by atoms with Crippen LogP contribution in [0.5, 0.6) is 0 Å². The molecule has 1 aliphatic heterocycles. The molecule has 1 amide bonds. The molecule has 0 unspecified atom stereocenters. The first-order valence-corrected chi connectivity index (χ1v) is 11.9. The zero-order valence-corrected chi connectivity index (χ0v) is 19.7. The van der Waals surface area contributed by atoms with Crippen molar-refractivity contribution in [1.29, 1.82) is 0 Å². The molecule has 0 saturated carbocycles. The van der Waals surface area contributed by atoms with E-state index in [2.05, 4.69) is 15.2 Å². The van der Waals surface area contributed by atoms with Crippen LogP contribution in [0, 0.1) is 0 Å². The lowest BCUT2D eigenvalue weighted by Crippen LogP contribution is -2.43. The van der Waals surface area contributed by atoms with Crippen molar-refractivity contribution in [3.05, 3.63) is 87.3 Å². The van der Waals surface area contributed by atoms with E-state index in [-0.39, 0.29) is 13.1 Å². The highest BCUT2D eigenvalue weighted by Crippen LogP contribution is 2.22. The summed E-state index contributed by atoms with van der Waals surface area (Å²) < 4.78 is 4.15. The van der Waals surface area contributed by atoms with Crippen molar-refractivity contribution in [3.8, 4) is 0 Å². The summed E-state index contributed by atoms with van der Waals surface area (Å²) in [5, 5.41) is 2.81. The van der Waals surface area contributed by atoms with Gasteiger partial charge in [0.05, 0.1) is 12.9 Å². The van der Waals surface area contributed by atoms with E-state index >= 15 is 0 Å². The normalized spacial score (nSPS) is 13.5. The molecule has 5 rings (SSSR count). The maximum Gasteiger partial charge on any atom is 0.333 e. The number of aryl methyl sites for hydroxylation is 1. The molecule has 0 atom stereocenters. The van der Waals surface area contributed by atoms with Gasteiger partial charge in [0, 0.05) is 31.0 Å². The van der Waals surface area contributed by atoms with Crippen molar-refractivity contribution < 1.29 is 4.79 Å².